The molecule has 2 N–H and O–H groups in total. The predicted molar refractivity (Wildman–Crippen MR) is 148 cm³/mol. The summed E-state index contributed by atoms with van der Waals surface area (Å²) < 4.78 is 1.75. The van der Waals surface area contributed by atoms with Crippen molar-refractivity contribution in [2.24, 2.45) is 0 Å². The average Bonchev–Trinajstić information content (AvgIpc) is 3.22. The van der Waals surface area contributed by atoms with E-state index in [1.165, 1.54) is 4.90 Å². The zero-order valence-corrected chi connectivity index (χ0v) is 21.7. The number of rotatable bonds is 8. The Bertz CT molecular complexity index is 1350. The molecule has 0 atom stereocenters. The van der Waals surface area contributed by atoms with Gasteiger partial charge in [-0.3, -0.25) is 4.79 Å². The van der Waals surface area contributed by atoms with E-state index in [0.717, 1.165) is 33.6 Å². The zero-order chi connectivity index (χ0) is 26.4. The maximum atomic E-state index is 13.4. The van der Waals surface area contributed by atoms with Gasteiger partial charge in [0.15, 0.2) is 0 Å². The van der Waals surface area contributed by atoms with Gasteiger partial charge >= 0.3 is 6.03 Å². The Kier molecular flexibility index (Phi) is 8.03. The molecule has 0 unspecified atom stereocenters. The average molecular weight is 496 g/mol. The Labute approximate surface area is 218 Å². The third-order valence-electron chi connectivity index (χ3n) is 6.14. The SMILES string of the molecule is Cc1ccc(-n2nc(C)c(-c3ccccc3)c2NC(=O)CN(C(=O)NCc2ccccc2)C(C)C)cc1. The number of amides is 3. The molecular weight excluding hydrogens is 462 g/mol. The van der Waals surface area contributed by atoms with Crippen LogP contribution in [0.3, 0.4) is 0 Å². The Balaban J connectivity index is 1.59. The van der Waals surface area contributed by atoms with Crippen molar-refractivity contribution in [1.82, 2.24) is 20.0 Å². The number of anilines is 1. The van der Waals surface area contributed by atoms with Gasteiger partial charge in [-0.25, -0.2) is 9.48 Å². The molecule has 3 aromatic carbocycles. The van der Waals surface area contributed by atoms with Crippen LogP contribution in [-0.4, -0.2) is 39.2 Å². The third-order valence-corrected chi connectivity index (χ3v) is 6.14. The van der Waals surface area contributed by atoms with Crippen molar-refractivity contribution in [2.45, 2.75) is 40.3 Å². The first kappa shape index (κ1) is 25.7. The summed E-state index contributed by atoms with van der Waals surface area (Å²) in [4.78, 5) is 27.9. The molecule has 3 amide bonds. The first-order valence-electron chi connectivity index (χ1n) is 12.4. The largest absolute Gasteiger partial charge is 0.334 e. The van der Waals surface area contributed by atoms with Crippen LogP contribution in [0.15, 0.2) is 84.9 Å². The van der Waals surface area contributed by atoms with E-state index >= 15 is 0 Å². The van der Waals surface area contributed by atoms with Crippen LogP contribution in [0.5, 0.6) is 0 Å². The van der Waals surface area contributed by atoms with Crippen LogP contribution in [0.1, 0.15) is 30.7 Å². The van der Waals surface area contributed by atoms with Crippen molar-refractivity contribution in [2.75, 3.05) is 11.9 Å². The Hall–Kier alpha value is -4.39. The summed E-state index contributed by atoms with van der Waals surface area (Å²) in [5, 5.41) is 10.7. The second-order valence-electron chi connectivity index (χ2n) is 9.34. The van der Waals surface area contributed by atoms with Crippen molar-refractivity contribution < 1.29 is 9.59 Å². The lowest BCUT2D eigenvalue weighted by molar-refractivity contribution is -0.117. The van der Waals surface area contributed by atoms with Gasteiger partial charge in [-0.05, 0) is 51.0 Å². The summed E-state index contributed by atoms with van der Waals surface area (Å²) in [5.74, 6) is 0.278. The summed E-state index contributed by atoms with van der Waals surface area (Å²) >= 11 is 0. The van der Waals surface area contributed by atoms with Gasteiger partial charge in [-0.2, -0.15) is 5.10 Å². The monoisotopic (exact) mass is 495 g/mol. The highest BCUT2D eigenvalue weighted by atomic mass is 16.2. The fourth-order valence-electron chi connectivity index (χ4n) is 4.16. The number of nitrogens with one attached hydrogen (secondary N) is 2. The van der Waals surface area contributed by atoms with Crippen LogP contribution < -0.4 is 10.6 Å². The topological polar surface area (TPSA) is 79.3 Å². The Morgan fingerprint density at radius 1 is 0.892 bits per heavy atom. The van der Waals surface area contributed by atoms with E-state index < -0.39 is 0 Å². The number of carbonyl (C=O) groups excluding carboxylic acids is 2. The second kappa shape index (κ2) is 11.6. The van der Waals surface area contributed by atoms with Crippen LogP contribution in [0.2, 0.25) is 0 Å². The molecule has 0 saturated carbocycles. The van der Waals surface area contributed by atoms with Crippen molar-refractivity contribution >= 4 is 17.8 Å². The molecule has 0 saturated heterocycles. The van der Waals surface area contributed by atoms with Gasteiger partial charge in [0.05, 0.1) is 11.4 Å². The highest BCUT2D eigenvalue weighted by molar-refractivity contribution is 5.98. The molecule has 37 heavy (non-hydrogen) atoms. The van der Waals surface area contributed by atoms with Gasteiger partial charge in [0.25, 0.3) is 0 Å². The molecule has 7 heteroatoms. The van der Waals surface area contributed by atoms with E-state index in [4.69, 9.17) is 5.10 Å². The van der Waals surface area contributed by atoms with Crippen LogP contribution in [-0.2, 0) is 11.3 Å². The highest BCUT2D eigenvalue weighted by Crippen LogP contribution is 2.33. The Morgan fingerprint density at radius 2 is 1.51 bits per heavy atom. The molecular formula is C30H33N5O2. The third kappa shape index (κ3) is 6.25. The van der Waals surface area contributed by atoms with Gasteiger partial charge in [-0.1, -0.05) is 78.4 Å². The normalized spacial score (nSPS) is 10.8. The van der Waals surface area contributed by atoms with Crippen LogP contribution >= 0.6 is 0 Å². The summed E-state index contributed by atoms with van der Waals surface area (Å²) in [6, 6.07) is 27.1. The number of nitrogens with zero attached hydrogens (tertiary/aromatic N) is 3. The first-order chi connectivity index (χ1) is 17.8. The molecule has 190 valence electrons. The van der Waals surface area contributed by atoms with E-state index in [-0.39, 0.29) is 24.5 Å². The fraction of sp³-hybridized carbons (Fsp3) is 0.233. The molecule has 7 nitrogen and oxygen atoms in total. The molecule has 0 fully saturated rings. The van der Waals surface area contributed by atoms with E-state index in [1.54, 1.807) is 4.68 Å². The summed E-state index contributed by atoms with van der Waals surface area (Å²) in [6.45, 7) is 8.04. The van der Waals surface area contributed by atoms with Crippen molar-refractivity contribution in [3.8, 4) is 16.8 Å². The van der Waals surface area contributed by atoms with Crippen molar-refractivity contribution in [1.29, 1.82) is 0 Å². The minimum atomic E-state index is -0.297. The predicted octanol–water partition coefficient (Wildman–Crippen LogP) is 5.71. The van der Waals surface area contributed by atoms with Gasteiger partial charge in [-0.15, -0.1) is 0 Å². The molecule has 1 heterocycles. The molecule has 4 aromatic rings. The summed E-state index contributed by atoms with van der Waals surface area (Å²) in [6.07, 6.45) is 0. The summed E-state index contributed by atoms with van der Waals surface area (Å²) in [7, 11) is 0. The number of carbonyl (C=O) groups is 2. The van der Waals surface area contributed by atoms with E-state index in [2.05, 4.69) is 10.6 Å². The lowest BCUT2D eigenvalue weighted by Crippen LogP contribution is -2.47. The van der Waals surface area contributed by atoms with Gasteiger partial charge < -0.3 is 15.5 Å². The minimum Gasteiger partial charge on any atom is -0.334 e. The highest BCUT2D eigenvalue weighted by Gasteiger charge is 2.24. The van der Waals surface area contributed by atoms with Gasteiger partial charge in [0.2, 0.25) is 5.91 Å². The summed E-state index contributed by atoms with van der Waals surface area (Å²) in [5.41, 5.74) is 5.56. The Morgan fingerprint density at radius 3 is 2.14 bits per heavy atom. The van der Waals surface area contributed by atoms with Crippen molar-refractivity contribution in [3.63, 3.8) is 0 Å². The number of benzene rings is 3. The van der Waals surface area contributed by atoms with E-state index in [9.17, 15) is 9.59 Å². The van der Waals surface area contributed by atoms with E-state index in [0.29, 0.717) is 12.4 Å². The molecule has 4 rings (SSSR count). The number of hydrogen-bond acceptors (Lipinski definition) is 3. The van der Waals surface area contributed by atoms with Gasteiger partial charge in [0.1, 0.15) is 12.4 Å². The number of aromatic nitrogens is 2. The molecule has 0 spiro atoms. The lowest BCUT2D eigenvalue weighted by Gasteiger charge is -2.26. The minimum absolute atomic E-state index is 0.0926. The maximum Gasteiger partial charge on any atom is 0.318 e. The molecule has 0 aliphatic heterocycles. The smallest absolute Gasteiger partial charge is 0.318 e. The lowest BCUT2D eigenvalue weighted by atomic mass is 10.1. The molecule has 0 radical (unpaired) electrons. The molecule has 1 aromatic heterocycles. The fourth-order valence-corrected chi connectivity index (χ4v) is 4.16. The van der Waals surface area contributed by atoms with E-state index in [1.807, 2.05) is 113 Å². The standard InChI is InChI=1S/C30H33N5O2/c1-21(2)34(30(37)31-19-24-11-7-5-8-12-24)20-27(36)32-29-28(25-13-9-6-10-14-25)23(4)33-35(29)26-17-15-22(3)16-18-26/h5-18,21H,19-20H2,1-4H3,(H,31,37)(H,32,36). The quantitative estimate of drug-likeness (QED) is 0.328. The van der Waals surface area contributed by atoms with Gasteiger partial charge in [0, 0.05) is 18.2 Å². The second-order valence-corrected chi connectivity index (χ2v) is 9.34. The zero-order valence-electron chi connectivity index (χ0n) is 21.7. The van der Waals surface area contributed by atoms with Crippen LogP contribution in [0.4, 0.5) is 10.6 Å². The molecule has 0 aliphatic rings. The van der Waals surface area contributed by atoms with Crippen LogP contribution in [0.25, 0.3) is 16.8 Å². The number of aryl methyl sites for hydroxylation is 2. The number of urea groups is 1. The van der Waals surface area contributed by atoms with Crippen LogP contribution in [0, 0.1) is 13.8 Å². The first-order valence-corrected chi connectivity index (χ1v) is 12.4. The number of hydrogen-bond donors (Lipinski definition) is 2. The molecule has 0 bridgehead atoms. The maximum absolute atomic E-state index is 13.4. The van der Waals surface area contributed by atoms with Crippen molar-refractivity contribution in [3.05, 3.63) is 102 Å². The molecule has 0 aliphatic carbocycles.